The summed E-state index contributed by atoms with van der Waals surface area (Å²) < 4.78 is 34.8. The van der Waals surface area contributed by atoms with Crippen molar-refractivity contribution in [3.63, 3.8) is 0 Å². The molecule has 108 valence electrons. The molecule has 0 atom stereocenters. The summed E-state index contributed by atoms with van der Waals surface area (Å²) in [5, 5.41) is 1.37. The van der Waals surface area contributed by atoms with Crippen molar-refractivity contribution in [1.82, 2.24) is 0 Å². The van der Waals surface area contributed by atoms with Crippen LogP contribution in [0, 0.1) is 0 Å². The summed E-state index contributed by atoms with van der Waals surface area (Å²) in [4.78, 5) is -0.0418. The SMILES string of the molecule is CCCc1ccc2c(S(=O)(=O)[O-])c(CCC)ccc2c1.[Na+]. The van der Waals surface area contributed by atoms with Crippen molar-refractivity contribution in [3.8, 4) is 0 Å². The molecular formula is C16H19NaO3S. The Labute approximate surface area is 148 Å². The summed E-state index contributed by atoms with van der Waals surface area (Å²) in [5.74, 6) is 0. The van der Waals surface area contributed by atoms with Gasteiger partial charge in [-0.05, 0) is 34.7 Å². The molecule has 0 amide bonds. The van der Waals surface area contributed by atoms with Crippen LogP contribution in [0.2, 0.25) is 0 Å². The van der Waals surface area contributed by atoms with E-state index in [1.165, 1.54) is 0 Å². The van der Waals surface area contributed by atoms with E-state index < -0.39 is 10.1 Å². The number of rotatable bonds is 5. The van der Waals surface area contributed by atoms with Crippen LogP contribution in [-0.2, 0) is 23.0 Å². The van der Waals surface area contributed by atoms with E-state index in [-0.39, 0.29) is 34.5 Å². The van der Waals surface area contributed by atoms with E-state index in [1.54, 1.807) is 12.1 Å². The zero-order chi connectivity index (χ0) is 14.8. The molecule has 0 aliphatic rings. The molecule has 0 N–H and O–H groups in total. The third-order valence-electron chi connectivity index (χ3n) is 3.42. The molecule has 0 saturated heterocycles. The van der Waals surface area contributed by atoms with E-state index in [0.29, 0.717) is 17.4 Å². The molecule has 0 saturated carbocycles. The summed E-state index contributed by atoms with van der Waals surface area (Å²) in [6.07, 6.45) is 3.39. The van der Waals surface area contributed by atoms with Crippen LogP contribution in [-0.4, -0.2) is 13.0 Å². The van der Waals surface area contributed by atoms with E-state index in [4.69, 9.17) is 0 Å². The van der Waals surface area contributed by atoms with Crippen LogP contribution in [0.4, 0.5) is 0 Å². The van der Waals surface area contributed by atoms with Crippen LogP contribution < -0.4 is 29.6 Å². The fraction of sp³-hybridized carbons (Fsp3) is 0.375. The minimum absolute atomic E-state index is 0. The second-order valence-electron chi connectivity index (χ2n) is 5.06. The maximum absolute atomic E-state index is 11.6. The fourth-order valence-corrected chi connectivity index (χ4v) is 3.55. The van der Waals surface area contributed by atoms with Gasteiger partial charge >= 0.3 is 29.6 Å². The Morgan fingerprint density at radius 3 is 2.24 bits per heavy atom. The second kappa shape index (κ2) is 7.75. The van der Waals surface area contributed by atoms with Crippen LogP contribution in [0.15, 0.2) is 35.2 Å². The molecule has 2 aromatic carbocycles. The van der Waals surface area contributed by atoms with E-state index >= 15 is 0 Å². The van der Waals surface area contributed by atoms with Crippen LogP contribution in [0.5, 0.6) is 0 Å². The Morgan fingerprint density at radius 1 is 1.00 bits per heavy atom. The maximum Gasteiger partial charge on any atom is 1.00 e. The zero-order valence-corrected chi connectivity index (χ0v) is 15.7. The van der Waals surface area contributed by atoms with Gasteiger partial charge in [0.2, 0.25) is 0 Å². The number of hydrogen-bond acceptors (Lipinski definition) is 3. The molecule has 0 fully saturated rings. The van der Waals surface area contributed by atoms with Gasteiger partial charge in [0.05, 0.1) is 4.90 Å². The second-order valence-corrected chi connectivity index (χ2v) is 6.38. The molecule has 2 rings (SSSR count). The van der Waals surface area contributed by atoms with Crippen molar-refractivity contribution in [2.75, 3.05) is 0 Å². The maximum atomic E-state index is 11.6. The summed E-state index contributed by atoms with van der Waals surface area (Å²) in [5.41, 5.74) is 1.79. The first-order chi connectivity index (χ1) is 9.47. The predicted octanol–water partition coefficient (Wildman–Crippen LogP) is 0.653. The molecule has 0 radical (unpaired) electrons. The van der Waals surface area contributed by atoms with Gasteiger partial charge in [-0.1, -0.05) is 57.0 Å². The Balaban J connectivity index is 0.00000220. The Hall–Kier alpha value is -0.390. The summed E-state index contributed by atoms with van der Waals surface area (Å²) in [7, 11) is -4.46. The Morgan fingerprint density at radius 2 is 1.67 bits per heavy atom. The van der Waals surface area contributed by atoms with Crippen molar-refractivity contribution < 1.29 is 42.5 Å². The van der Waals surface area contributed by atoms with E-state index in [1.807, 2.05) is 25.1 Å². The van der Waals surface area contributed by atoms with Gasteiger partial charge in [-0.25, -0.2) is 8.42 Å². The smallest absolute Gasteiger partial charge is 0.744 e. The van der Waals surface area contributed by atoms with E-state index in [9.17, 15) is 13.0 Å². The van der Waals surface area contributed by atoms with Gasteiger partial charge in [-0.15, -0.1) is 0 Å². The number of fused-ring (bicyclic) bond motifs is 1. The van der Waals surface area contributed by atoms with Gasteiger partial charge in [-0.2, -0.15) is 0 Å². The molecule has 0 aliphatic carbocycles. The number of hydrogen-bond donors (Lipinski definition) is 0. The molecule has 2 aromatic rings. The molecule has 0 aliphatic heterocycles. The van der Waals surface area contributed by atoms with Crippen molar-refractivity contribution >= 4 is 20.9 Å². The summed E-state index contributed by atoms with van der Waals surface area (Å²) in [6, 6.07) is 9.34. The first kappa shape index (κ1) is 18.7. The van der Waals surface area contributed by atoms with Crippen molar-refractivity contribution in [2.24, 2.45) is 0 Å². The normalized spacial score (nSPS) is 11.4. The first-order valence-electron chi connectivity index (χ1n) is 6.97. The topological polar surface area (TPSA) is 57.2 Å². The average Bonchev–Trinajstić information content (AvgIpc) is 2.38. The summed E-state index contributed by atoms with van der Waals surface area (Å²) >= 11 is 0. The van der Waals surface area contributed by atoms with Crippen molar-refractivity contribution in [2.45, 2.75) is 44.4 Å². The average molecular weight is 314 g/mol. The van der Waals surface area contributed by atoms with Crippen molar-refractivity contribution in [3.05, 3.63) is 41.5 Å². The van der Waals surface area contributed by atoms with Crippen LogP contribution >= 0.6 is 0 Å². The Kier molecular flexibility index (Phi) is 6.88. The predicted molar refractivity (Wildman–Crippen MR) is 79.9 cm³/mol. The molecular weight excluding hydrogens is 295 g/mol. The van der Waals surface area contributed by atoms with Crippen LogP contribution in [0.3, 0.4) is 0 Å². The van der Waals surface area contributed by atoms with Gasteiger partial charge in [0.25, 0.3) is 0 Å². The molecule has 0 heterocycles. The van der Waals surface area contributed by atoms with Gasteiger partial charge in [0, 0.05) is 0 Å². The van der Waals surface area contributed by atoms with E-state index in [2.05, 4.69) is 6.92 Å². The molecule has 0 unspecified atom stereocenters. The van der Waals surface area contributed by atoms with Gasteiger partial charge in [0.15, 0.2) is 0 Å². The molecule has 0 bridgehead atoms. The van der Waals surface area contributed by atoms with Gasteiger partial charge in [-0.3, -0.25) is 0 Å². The third-order valence-corrected chi connectivity index (χ3v) is 4.41. The van der Waals surface area contributed by atoms with E-state index in [0.717, 1.165) is 30.2 Å². The monoisotopic (exact) mass is 314 g/mol. The molecule has 3 nitrogen and oxygen atoms in total. The van der Waals surface area contributed by atoms with Crippen LogP contribution in [0.1, 0.15) is 37.8 Å². The van der Waals surface area contributed by atoms with Gasteiger partial charge < -0.3 is 4.55 Å². The minimum atomic E-state index is -4.46. The van der Waals surface area contributed by atoms with Crippen LogP contribution in [0.25, 0.3) is 10.8 Å². The summed E-state index contributed by atoms with van der Waals surface area (Å²) in [6.45, 7) is 4.07. The number of benzene rings is 2. The zero-order valence-electron chi connectivity index (χ0n) is 12.8. The Bertz CT molecular complexity index is 724. The standard InChI is InChI=1S/C16H20O3S.Na/c1-3-5-12-7-10-15-14(11-12)9-8-13(6-4-2)16(15)20(17,18)19;/h7-11H,3-6H2,1-2H3,(H,17,18,19);/q;+1/p-1. The molecule has 0 aromatic heterocycles. The fourth-order valence-electron chi connectivity index (χ4n) is 2.60. The molecule has 5 heteroatoms. The van der Waals surface area contributed by atoms with Crippen molar-refractivity contribution in [1.29, 1.82) is 0 Å². The first-order valence-corrected chi connectivity index (χ1v) is 8.38. The largest absolute Gasteiger partial charge is 1.00 e. The minimum Gasteiger partial charge on any atom is -0.744 e. The quantitative estimate of drug-likeness (QED) is 0.601. The van der Waals surface area contributed by atoms with Gasteiger partial charge in [0.1, 0.15) is 10.1 Å². The third kappa shape index (κ3) is 4.30. The molecule has 0 spiro atoms. The number of aryl methyl sites for hydroxylation is 2. The molecule has 21 heavy (non-hydrogen) atoms.